The van der Waals surface area contributed by atoms with E-state index in [1.807, 2.05) is 68.4 Å². The third-order valence-electron chi connectivity index (χ3n) is 5.75. The van der Waals surface area contributed by atoms with Crippen molar-refractivity contribution in [2.45, 2.75) is 62.8 Å². The Labute approximate surface area is 173 Å². The van der Waals surface area contributed by atoms with Gasteiger partial charge in [-0.2, -0.15) is 0 Å². The molecule has 29 heavy (non-hydrogen) atoms. The van der Waals surface area contributed by atoms with Gasteiger partial charge in [0.1, 0.15) is 10.9 Å². The minimum Gasteiger partial charge on any atom is -0.457 e. The van der Waals surface area contributed by atoms with Gasteiger partial charge >= 0.3 is 6.02 Å². The third kappa shape index (κ3) is 4.32. The summed E-state index contributed by atoms with van der Waals surface area (Å²) in [5, 5.41) is 2.37. The van der Waals surface area contributed by atoms with Crippen LogP contribution in [-0.4, -0.2) is 26.1 Å². The number of sulfonamides is 1. The molecule has 0 saturated heterocycles. The highest BCUT2D eigenvalue weighted by molar-refractivity contribution is 7.90. The van der Waals surface area contributed by atoms with Crippen LogP contribution >= 0.6 is 0 Å². The highest BCUT2D eigenvalue weighted by atomic mass is 32.2. The molecular formula is C23H28N2O3S. The van der Waals surface area contributed by atoms with Crippen LogP contribution in [0.3, 0.4) is 0 Å². The zero-order valence-corrected chi connectivity index (χ0v) is 17.8. The van der Waals surface area contributed by atoms with Crippen molar-refractivity contribution >= 4 is 16.0 Å². The van der Waals surface area contributed by atoms with Crippen molar-refractivity contribution in [3.8, 4) is 11.1 Å². The van der Waals surface area contributed by atoms with Crippen molar-refractivity contribution in [3.05, 3.63) is 60.2 Å². The fourth-order valence-corrected chi connectivity index (χ4v) is 6.07. The van der Waals surface area contributed by atoms with Gasteiger partial charge in [0.05, 0.1) is 0 Å². The van der Waals surface area contributed by atoms with Crippen molar-refractivity contribution in [3.63, 3.8) is 0 Å². The lowest BCUT2D eigenvalue weighted by atomic mass is 9.95. The molecule has 1 heterocycles. The molecule has 1 aliphatic heterocycles. The molecule has 2 aromatic rings. The van der Waals surface area contributed by atoms with Gasteiger partial charge in [-0.15, -0.1) is 4.40 Å². The number of benzene rings is 2. The number of amidine groups is 1. The fourth-order valence-electron chi connectivity index (χ4n) is 4.38. The number of nitrogens with zero attached hydrogens (tertiary/aromatic N) is 1. The Morgan fingerprint density at radius 3 is 2.17 bits per heavy atom. The second-order valence-electron chi connectivity index (χ2n) is 8.46. The van der Waals surface area contributed by atoms with E-state index < -0.39 is 20.9 Å². The summed E-state index contributed by atoms with van der Waals surface area (Å²) in [6.45, 7) is 3.63. The first kappa shape index (κ1) is 20.0. The van der Waals surface area contributed by atoms with Crippen LogP contribution in [0.15, 0.2) is 59.0 Å². The average Bonchev–Trinajstić information content (AvgIpc) is 2.68. The van der Waals surface area contributed by atoms with Crippen molar-refractivity contribution in [1.29, 1.82) is 0 Å². The zero-order chi connectivity index (χ0) is 20.5. The largest absolute Gasteiger partial charge is 0.457 e. The zero-order valence-electron chi connectivity index (χ0n) is 17.0. The maximum absolute atomic E-state index is 13.1. The Bertz CT molecular complexity index is 977. The van der Waals surface area contributed by atoms with E-state index in [-0.39, 0.29) is 12.1 Å². The van der Waals surface area contributed by atoms with E-state index in [0.717, 1.165) is 36.8 Å². The molecular weight excluding hydrogens is 384 g/mol. The van der Waals surface area contributed by atoms with E-state index >= 15 is 0 Å². The Kier molecular flexibility index (Phi) is 5.38. The molecule has 1 atom stereocenters. The lowest BCUT2D eigenvalue weighted by Crippen LogP contribution is -2.49. The molecule has 2 aromatic carbocycles. The van der Waals surface area contributed by atoms with Crippen LogP contribution in [0.2, 0.25) is 0 Å². The molecule has 1 saturated carbocycles. The second kappa shape index (κ2) is 7.82. The van der Waals surface area contributed by atoms with Crippen LogP contribution in [-0.2, 0) is 14.8 Å². The maximum atomic E-state index is 13.1. The van der Waals surface area contributed by atoms with Gasteiger partial charge in [-0.3, -0.25) is 0 Å². The summed E-state index contributed by atoms with van der Waals surface area (Å²) >= 11 is 0. The predicted octanol–water partition coefficient (Wildman–Crippen LogP) is 4.81. The molecule has 5 nitrogen and oxygen atoms in total. The Balaban J connectivity index is 1.60. The summed E-state index contributed by atoms with van der Waals surface area (Å²) in [6.07, 6.45) is 5.58. The van der Waals surface area contributed by atoms with Gasteiger partial charge in [-0.05, 0) is 43.4 Å². The first-order chi connectivity index (χ1) is 13.9. The minimum atomic E-state index is -3.76. The monoisotopic (exact) mass is 412 g/mol. The molecule has 1 unspecified atom stereocenters. The molecule has 0 radical (unpaired) electrons. The van der Waals surface area contributed by atoms with Gasteiger partial charge in [0.2, 0.25) is 0 Å². The van der Waals surface area contributed by atoms with Crippen molar-refractivity contribution < 1.29 is 13.2 Å². The summed E-state index contributed by atoms with van der Waals surface area (Å²) in [4.78, 5) is 0. The first-order valence-electron chi connectivity index (χ1n) is 10.3. The third-order valence-corrected chi connectivity index (χ3v) is 7.61. The van der Waals surface area contributed by atoms with Crippen LogP contribution in [0.5, 0.6) is 0 Å². The first-order valence-corrected chi connectivity index (χ1v) is 11.8. The van der Waals surface area contributed by atoms with Crippen LogP contribution in [0.1, 0.15) is 56.8 Å². The van der Waals surface area contributed by atoms with Crippen LogP contribution in [0.25, 0.3) is 11.1 Å². The summed E-state index contributed by atoms with van der Waals surface area (Å²) in [6, 6.07) is 18.0. The van der Waals surface area contributed by atoms with Gasteiger partial charge in [0, 0.05) is 6.04 Å². The average molecular weight is 413 g/mol. The summed E-state index contributed by atoms with van der Waals surface area (Å²) in [5.41, 5.74) is 1.91. The normalized spacial score (nSPS) is 23.7. The lowest BCUT2D eigenvalue weighted by molar-refractivity contribution is 0.0758. The van der Waals surface area contributed by atoms with Crippen molar-refractivity contribution in [1.82, 2.24) is 5.32 Å². The van der Waals surface area contributed by atoms with E-state index in [1.54, 1.807) is 0 Å². The van der Waals surface area contributed by atoms with Crippen molar-refractivity contribution in [2.24, 2.45) is 4.40 Å². The quantitative estimate of drug-likeness (QED) is 0.785. The van der Waals surface area contributed by atoms with Crippen LogP contribution in [0, 0.1) is 0 Å². The van der Waals surface area contributed by atoms with Gasteiger partial charge in [0.15, 0.2) is 0 Å². The molecule has 1 N–H and O–H groups in total. The van der Waals surface area contributed by atoms with Crippen LogP contribution in [0.4, 0.5) is 0 Å². The van der Waals surface area contributed by atoms with E-state index in [0.29, 0.717) is 5.56 Å². The van der Waals surface area contributed by atoms with Gasteiger partial charge in [0.25, 0.3) is 10.0 Å². The number of hydrogen-bond acceptors (Lipinski definition) is 4. The maximum Gasteiger partial charge on any atom is 0.301 e. The van der Waals surface area contributed by atoms with Gasteiger partial charge in [-0.1, -0.05) is 73.9 Å². The highest BCUT2D eigenvalue weighted by Gasteiger charge is 2.47. The van der Waals surface area contributed by atoms with E-state index in [1.165, 1.54) is 6.42 Å². The van der Waals surface area contributed by atoms with Gasteiger partial charge < -0.3 is 10.1 Å². The minimum absolute atomic E-state index is 0.138. The molecule has 154 valence electrons. The molecule has 0 aromatic heterocycles. The standard InChI is InChI=1S/C23H28N2O3S/c1-23(2)21(19-15-13-18(14-16-19)17-9-5-3-6-10-17)29(26,27)25-22(28-23)24-20-11-7-4-8-12-20/h3,5-6,9-10,13-16,20-21H,4,7-8,11-12H2,1-2H3,(H,24,25). The van der Waals surface area contributed by atoms with Crippen molar-refractivity contribution in [2.75, 3.05) is 0 Å². The molecule has 1 aliphatic carbocycles. The topological polar surface area (TPSA) is 67.8 Å². The SMILES string of the molecule is CC1(C)OC(NC2CCCCC2)=NS(=O)(=O)C1c1ccc(-c2ccccc2)cc1. The fraction of sp³-hybridized carbons (Fsp3) is 0.435. The molecule has 6 heteroatoms. The number of rotatable bonds is 3. The summed E-state index contributed by atoms with van der Waals surface area (Å²) in [7, 11) is -3.76. The number of nitrogens with one attached hydrogen (secondary N) is 1. The summed E-state index contributed by atoms with van der Waals surface area (Å²) < 4.78 is 36.2. The number of hydrogen-bond donors (Lipinski definition) is 1. The van der Waals surface area contributed by atoms with Crippen LogP contribution < -0.4 is 5.32 Å². The molecule has 0 bridgehead atoms. The molecule has 0 amide bonds. The highest BCUT2D eigenvalue weighted by Crippen LogP contribution is 2.40. The Hall–Kier alpha value is -2.34. The number of ether oxygens (including phenoxy) is 1. The van der Waals surface area contributed by atoms with Gasteiger partial charge in [-0.25, -0.2) is 8.42 Å². The Morgan fingerprint density at radius 1 is 0.931 bits per heavy atom. The lowest BCUT2D eigenvalue weighted by Gasteiger charge is -2.38. The van der Waals surface area contributed by atoms with E-state index in [2.05, 4.69) is 9.71 Å². The predicted molar refractivity (Wildman–Crippen MR) is 116 cm³/mol. The van der Waals surface area contributed by atoms with E-state index in [9.17, 15) is 8.42 Å². The van der Waals surface area contributed by atoms with E-state index in [4.69, 9.17) is 4.74 Å². The summed E-state index contributed by atoms with van der Waals surface area (Å²) in [5.74, 6) is 0. The molecule has 1 fully saturated rings. The smallest absolute Gasteiger partial charge is 0.301 e. The molecule has 0 spiro atoms. The Morgan fingerprint density at radius 2 is 1.55 bits per heavy atom. The molecule has 4 rings (SSSR count). The second-order valence-corrected chi connectivity index (χ2v) is 10.1. The molecule has 2 aliphatic rings.